The van der Waals surface area contributed by atoms with Gasteiger partial charge in [0.1, 0.15) is 0 Å². The van der Waals surface area contributed by atoms with E-state index in [0.29, 0.717) is 0 Å². The standard InChI is InChI=1S/C60H44/c1-59(2)53-22-12-10-19-49(53)58-50(20-13-23-54(58)59)57-47-18-8-7-17-46(47)56(39-27-24-38(25-28-39)41-29-26-37-14-5-6-15-40(37)34-41)48-33-31-42(35-51(48)57)43-30-32-45-44-16-9-11-21-52(44)60(3,4)55(45)36-43/h5-36H,1-4H3. The normalized spacial score (nSPS) is 14.3. The van der Waals surface area contributed by atoms with Gasteiger partial charge in [0.2, 0.25) is 0 Å². The summed E-state index contributed by atoms with van der Waals surface area (Å²) >= 11 is 0. The molecule has 0 N–H and O–H groups in total. The van der Waals surface area contributed by atoms with Gasteiger partial charge >= 0.3 is 0 Å². The van der Waals surface area contributed by atoms with Crippen LogP contribution in [0.3, 0.4) is 0 Å². The Morgan fingerprint density at radius 3 is 1.55 bits per heavy atom. The largest absolute Gasteiger partial charge is 0.0619 e. The second-order valence-corrected chi connectivity index (χ2v) is 18.0. The van der Waals surface area contributed by atoms with Crippen LogP contribution >= 0.6 is 0 Å². The first-order valence-corrected chi connectivity index (χ1v) is 21.3. The molecule has 284 valence electrons. The minimum Gasteiger partial charge on any atom is -0.0619 e. The second kappa shape index (κ2) is 12.7. The molecule has 0 unspecified atom stereocenters. The van der Waals surface area contributed by atoms with Crippen LogP contribution in [-0.4, -0.2) is 0 Å². The van der Waals surface area contributed by atoms with Crippen molar-refractivity contribution in [2.45, 2.75) is 38.5 Å². The smallest absolute Gasteiger partial charge is 0.0159 e. The van der Waals surface area contributed by atoms with Gasteiger partial charge in [0.05, 0.1) is 0 Å². The van der Waals surface area contributed by atoms with Crippen LogP contribution in [0.15, 0.2) is 194 Å². The van der Waals surface area contributed by atoms with E-state index in [4.69, 9.17) is 0 Å². The Morgan fingerprint density at radius 1 is 0.250 bits per heavy atom. The molecule has 0 atom stereocenters. The Morgan fingerprint density at radius 2 is 0.750 bits per heavy atom. The van der Waals surface area contributed by atoms with E-state index in [2.05, 4.69) is 222 Å². The maximum Gasteiger partial charge on any atom is 0.0159 e. The van der Waals surface area contributed by atoms with E-state index in [1.807, 2.05) is 0 Å². The Kier molecular flexibility index (Phi) is 7.42. The Bertz CT molecular complexity index is 3410. The summed E-state index contributed by atoms with van der Waals surface area (Å²) in [4.78, 5) is 0. The Hall–Kier alpha value is -7.02. The number of hydrogen-bond donors (Lipinski definition) is 0. The van der Waals surface area contributed by atoms with E-state index in [1.54, 1.807) is 0 Å². The Balaban J connectivity index is 1.11. The molecule has 0 spiro atoms. The predicted molar refractivity (Wildman–Crippen MR) is 256 cm³/mol. The minimum atomic E-state index is -0.0970. The van der Waals surface area contributed by atoms with Crippen molar-refractivity contribution < 1.29 is 0 Å². The molecule has 0 fully saturated rings. The van der Waals surface area contributed by atoms with Gasteiger partial charge in [-0.05, 0) is 140 Å². The van der Waals surface area contributed by atoms with Crippen LogP contribution in [-0.2, 0) is 10.8 Å². The molecule has 0 saturated carbocycles. The lowest BCUT2D eigenvalue weighted by Crippen LogP contribution is -2.14. The highest BCUT2D eigenvalue weighted by molar-refractivity contribution is 6.23. The van der Waals surface area contributed by atoms with Gasteiger partial charge in [0, 0.05) is 10.8 Å². The molecule has 0 nitrogen and oxygen atoms in total. The molecule has 0 heterocycles. The molecule has 0 aromatic heterocycles. The molecular weight excluding hydrogens is 721 g/mol. The zero-order chi connectivity index (χ0) is 40.3. The molecule has 0 bridgehead atoms. The van der Waals surface area contributed by atoms with E-state index in [-0.39, 0.29) is 10.8 Å². The lowest BCUT2D eigenvalue weighted by Gasteiger charge is -2.23. The summed E-state index contributed by atoms with van der Waals surface area (Å²) in [5.74, 6) is 0. The molecule has 10 aromatic rings. The van der Waals surface area contributed by atoms with E-state index in [9.17, 15) is 0 Å². The monoisotopic (exact) mass is 764 g/mol. The van der Waals surface area contributed by atoms with Gasteiger partial charge in [0.15, 0.2) is 0 Å². The third-order valence-electron chi connectivity index (χ3n) is 14.1. The number of benzene rings is 10. The average molecular weight is 765 g/mol. The van der Waals surface area contributed by atoms with Crippen molar-refractivity contribution in [2.75, 3.05) is 0 Å². The van der Waals surface area contributed by atoms with E-state index in [1.165, 1.54) is 121 Å². The SMILES string of the molecule is CC1(C)c2ccccc2-c2ccc(-c3ccc4c(-c5ccc(-c6ccc7ccccc7c6)cc5)c5ccccc5c(-c5cccc6c5-c5ccccc5C6(C)C)c4c3)cc21. The molecule has 2 aliphatic rings. The van der Waals surface area contributed by atoms with Gasteiger partial charge in [-0.1, -0.05) is 204 Å². The highest BCUT2D eigenvalue weighted by atomic mass is 14.4. The van der Waals surface area contributed by atoms with Crippen LogP contribution in [0.5, 0.6) is 0 Å². The number of rotatable bonds is 4. The summed E-state index contributed by atoms with van der Waals surface area (Å²) in [6, 6.07) is 73.2. The van der Waals surface area contributed by atoms with Crippen molar-refractivity contribution >= 4 is 32.3 Å². The molecular formula is C60H44. The van der Waals surface area contributed by atoms with Crippen molar-refractivity contribution in [2.24, 2.45) is 0 Å². The lowest BCUT2D eigenvalue weighted by atomic mass is 9.80. The number of hydrogen-bond acceptors (Lipinski definition) is 0. The highest BCUT2D eigenvalue weighted by Crippen LogP contribution is 2.55. The zero-order valence-electron chi connectivity index (χ0n) is 34.5. The second-order valence-electron chi connectivity index (χ2n) is 18.0. The van der Waals surface area contributed by atoms with Crippen LogP contribution < -0.4 is 0 Å². The van der Waals surface area contributed by atoms with Crippen molar-refractivity contribution in [3.8, 4) is 66.8 Å². The van der Waals surface area contributed by atoms with Crippen LogP contribution in [0, 0.1) is 0 Å². The summed E-state index contributed by atoms with van der Waals surface area (Å²) in [5, 5.41) is 7.61. The Labute approximate surface area is 352 Å². The van der Waals surface area contributed by atoms with Gasteiger partial charge in [-0.25, -0.2) is 0 Å². The maximum absolute atomic E-state index is 2.49. The van der Waals surface area contributed by atoms with E-state index >= 15 is 0 Å². The van der Waals surface area contributed by atoms with Crippen LogP contribution in [0.25, 0.3) is 99.1 Å². The first-order chi connectivity index (χ1) is 29.3. The molecule has 0 amide bonds. The van der Waals surface area contributed by atoms with Crippen molar-refractivity contribution in [1.29, 1.82) is 0 Å². The maximum atomic E-state index is 2.49. The summed E-state index contributed by atoms with van der Waals surface area (Å²) in [6.45, 7) is 9.51. The quantitative estimate of drug-likeness (QED) is 0.157. The molecule has 12 rings (SSSR count). The first kappa shape index (κ1) is 35.0. The molecule has 0 radical (unpaired) electrons. The molecule has 0 saturated heterocycles. The van der Waals surface area contributed by atoms with Crippen LogP contribution in [0.2, 0.25) is 0 Å². The van der Waals surface area contributed by atoms with Gasteiger partial charge in [-0.2, -0.15) is 0 Å². The molecule has 60 heavy (non-hydrogen) atoms. The average Bonchev–Trinajstić information content (AvgIpc) is 3.67. The highest BCUT2D eigenvalue weighted by Gasteiger charge is 2.38. The fraction of sp³-hybridized carbons (Fsp3) is 0.100. The van der Waals surface area contributed by atoms with Gasteiger partial charge in [-0.3, -0.25) is 0 Å². The summed E-state index contributed by atoms with van der Waals surface area (Å²) in [7, 11) is 0. The lowest BCUT2D eigenvalue weighted by molar-refractivity contribution is 0.660. The molecule has 2 aliphatic carbocycles. The van der Waals surface area contributed by atoms with Gasteiger partial charge in [-0.15, -0.1) is 0 Å². The molecule has 10 aromatic carbocycles. The number of fused-ring (bicyclic) bond motifs is 9. The van der Waals surface area contributed by atoms with Crippen LogP contribution in [0.1, 0.15) is 49.9 Å². The molecule has 0 aliphatic heterocycles. The van der Waals surface area contributed by atoms with E-state index in [0.717, 1.165) is 0 Å². The topological polar surface area (TPSA) is 0 Å². The molecule has 0 heteroatoms. The summed E-state index contributed by atoms with van der Waals surface area (Å²) in [5.41, 5.74) is 20.9. The fourth-order valence-electron chi connectivity index (χ4n) is 11.0. The van der Waals surface area contributed by atoms with E-state index < -0.39 is 0 Å². The minimum absolute atomic E-state index is 0.0723. The first-order valence-electron chi connectivity index (χ1n) is 21.3. The third kappa shape index (κ3) is 4.98. The summed E-state index contributed by atoms with van der Waals surface area (Å²) < 4.78 is 0. The zero-order valence-corrected chi connectivity index (χ0v) is 34.5. The van der Waals surface area contributed by atoms with Crippen molar-refractivity contribution in [1.82, 2.24) is 0 Å². The van der Waals surface area contributed by atoms with Crippen LogP contribution in [0.4, 0.5) is 0 Å². The predicted octanol–water partition coefficient (Wildman–Crippen LogP) is 16.4. The third-order valence-corrected chi connectivity index (χ3v) is 14.1. The summed E-state index contributed by atoms with van der Waals surface area (Å²) in [6.07, 6.45) is 0. The fourth-order valence-corrected chi connectivity index (χ4v) is 11.0. The van der Waals surface area contributed by atoms with Crippen molar-refractivity contribution in [3.05, 3.63) is 216 Å². The van der Waals surface area contributed by atoms with Gasteiger partial charge < -0.3 is 0 Å². The van der Waals surface area contributed by atoms with Crippen molar-refractivity contribution in [3.63, 3.8) is 0 Å². The van der Waals surface area contributed by atoms with Gasteiger partial charge in [0.25, 0.3) is 0 Å².